The molecule has 1 aromatic rings. The predicted octanol–water partition coefficient (Wildman–Crippen LogP) is 3.82. The highest BCUT2D eigenvalue weighted by molar-refractivity contribution is 7.12. The predicted molar refractivity (Wildman–Crippen MR) is 76.5 cm³/mol. The van der Waals surface area contributed by atoms with Gasteiger partial charge in [0.15, 0.2) is 0 Å². The molecule has 0 bridgehead atoms. The van der Waals surface area contributed by atoms with Crippen molar-refractivity contribution in [2.24, 2.45) is 5.41 Å². The third-order valence-electron chi connectivity index (χ3n) is 4.26. The quantitative estimate of drug-likeness (QED) is 0.863. The van der Waals surface area contributed by atoms with Crippen LogP contribution in [0.1, 0.15) is 59.9 Å². The Morgan fingerprint density at radius 2 is 2.05 bits per heavy atom. The van der Waals surface area contributed by atoms with E-state index in [1.165, 1.54) is 4.88 Å². The first-order chi connectivity index (χ1) is 8.92. The summed E-state index contributed by atoms with van der Waals surface area (Å²) in [7, 11) is 0. The molecule has 0 spiro atoms. The van der Waals surface area contributed by atoms with Gasteiger partial charge in [0, 0.05) is 9.75 Å². The fourth-order valence-corrected chi connectivity index (χ4v) is 4.38. The molecule has 1 fully saturated rings. The normalized spacial score (nSPS) is 19.5. The number of thiophene rings is 1. The summed E-state index contributed by atoms with van der Waals surface area (Å²) < 4.78 is 0. The number of carboxylic acids is 1. The van der Waals surface area contributed by atoms with Crippen LogP contribution in [0.2, 0.25) is 0 Å². The third-order valence-corrected chi connectivity index (χ3v) is 5.24. The number of hydrogen-bond donors (Lipinski definition) is 2. The van der Waals surface area contributed by atoms with Crippen LogP contribution in [0.25, 0.3) is 0 Å². The Labute approximate surface area is 118 Å². The summed E-state index contributed by atoms with van der Waals surface area (Å²) in [4.78, 5) is 13.4. The zero-order chi connectivity index (χ0) is 14.0. The van der Waals surface area contributed by atoms with Crippen LogP contribution in [0.4, 0.5) is 0 Å². The number of aliphatic carboxylic acids is 1. The Kier molecular flexibility index (Phi) is 4.31. The van der Waals surface area contributed by atoms with E-state index < -0.39 is 12.1 Å². The lowest BCUT2D eigenvalue weighted by Crippen LogP contribution is -2.24. The van der Waals surface area contributed by atoms with Gasteiger partial charge >= 0.3 is 5.97 Å². The van der Waals surface area contributed by atoms with E-state index in [-0.39, 0.29) is 11.8 Å². The number of aryl methyl sites for hydroxylation is 2. The molecule has 1 heterocycles. The molecule has 0 amide bonds. The van der Waals surface area contributed by atoms with Gasteiger partial charge in [0.05, 0.1) is 12.5 Å². The van der Waals surface area contributed by atoms with Crippen LogP contribution in [-0.2, 0) is 4.79 Å². The second-order valence-electron chi connectivity index (χ2n) is 5.87. The minimum atomic E-state index is -0.743. The van der Waals surface area contributed by atoms with Gasteiger partial charge < -0.3 is 10.2 Å². The molecular weight excluding hydrogens is 260 g/mol. The number of rotatable bonds is 5. The monoisotopic (exact) mass is 282 g/mol. The highest BCUT2D eigenvalue weighted by Crippen LogP contribution is 2.47. The summed E-state index contributed by atoms with van der Waals surface area (Å²) in [5.74, 6) is -0.743. The summed E-state index contributed by atoms with van der Waals surface area (Å²) in [5.41, 5.74) is 0.784. The maximum atomic E-state index is 11.1. The molecule has 0 radical (unpaired) electrons. The largest absolute Gasteiger partial charge is 0.481 e. The SMILES string of the molecule is Cc1cc(C(O)CC2(CC(=O)O)CCCC2)c(C)s1. The third kappa shape index (κ3) is 3.37. The second-order valence-corrected chi connectivity index (χ2v) is 7.33. The van der Waals surface area contributed by atoms with Crippen molar-refractivity contribution in [1.29, 1.82) is 0 Å². The summed E-state index contributed by atoms with van der Waals surface area (Å²) in [6.45, 7) is 4.06. The molecule has 2 rings (SSSR count). The van der Waals surface area contributed by atoms with E-state index in [0.717, 1.165) is 36.1 Å². The molecule has 1 saturated carbocycles. The van der Waals surface area contributed by atoms with Crippen LogP contribution >= 0.6 is 11.3 Å². The maximum absolute atomic E-state index is 11.1. The van der Waals surface area contributed by atoms with Crippen molar-refractivity contribution >= 4 is 17.3 Å². The molecule has 0 saturated heterocycles. The van der Waals surface area contributed by atoms with Crippen molar-refractivity contribution in [2.45, 2.75) is 58.5 Å². The number of carboxylic acid groups (broad SMARTS) is 1. The summed E-state index contributed by atoms with van der Waals surface area (Å²) >= 11 is 1.69. The van der Waals surface area contributed by atoms with E-state index in [1.54, 1.807) is 11.3 Å². The minimum absolute atomic E-state index is 0.187. The Morgan fingerprint density at radius 1 is 1.42 bits per heavy atom. The van der Waals surface area contributed by atoms with Crippen LogP contribution in [0, 0.1) is 19.3 Å². The van der Waals surface area contributed by atoms with Crippen LogP contribution in [0.3, 0.4) is 0 Å². The maximum Gasteiger partial charge on any atom is 0.303 e. The molecule has 4 heteroatoms. The standard InChI is InChI=1S/C15H22O3S/c1-10-7-12(11(2)19-10)13(16)8-15(9-14(17)18)5-3-4-6-15/h7,13,16H,3-6,8-9H2,1-2H3,(H,17,18). The molecule has 3 nitrogen and oxygen atoms in total. The van der Waals surface area contributed by atoms with Crippen LogP contribution in [0.15, 0.2) is 6.07 Å². The van der Waals surface area contributed by atoms with Crippen molar-refractivity contribution in [2.75, 3.05) is 0 Å². The Morgan fingerprint density at radius 3 is 2.53 bits per heavy atom. The molecule has 1 aliphatic carbocycles. The van der Waals surface area contributed by atoms with Gasteiger partial charge in [0.25, 0.3) is 0 Å². The molecule has 0 aromatic carbocycles. The lowest BCUT2D eigenvalue weighted by atomic mass is 9.76. The second kappa shape index (κ2) is 5.63. The number of hydrogen-bond acceptors (Lipinski definition) is 3. The number of carbonyl (C=O) groups is 1. The smallest absolute Gasteiger partial charge is 0.303 e. The lowest BCUT2D eigenvalue weighted by molar-refractivity contribution is -0.140. The van der Waals surface area contributed by atoms with Crippen LogP contribution < -0.4 is 0 Å². The van der Waals surface area contributed by atoms with E-state index >= 15 is 0 Å². The Hall–Kier alpha value is -0.870. The highest BCUT2D eigenvalue weighted by atomic mass is 32.1. The number of aliphatic hydroxyl groups excluding tert-OH is 1. The van der Waals surface area contributed by atoms with Gasteiger partial charge in [-0.25, -0.2) is 0 Å². The minimum Gasteiger partial charge on any atom is -0.481 e. The fourth-order valence-electron chi connectivity index (χ4n) is 3.40. The molecule has 1 atom stereocenters. The first kappa shape index (κ1) is 14.5. The van der Waals surface area contributed by atoms with Gasteiger partial charge in [-0.3, -0.25) is 4.79 Å². The summed E-state index contributed by atoms with van der Waals surface area (Å²) in [6.07, 6.45) is 4.27. The molecule has 1 aromatic heterocycles. The molecule has 2 N–H and O–H groups in total. The van der Waals surface area contributed by atoms with Crippen molar-refractivity contribution in [3.63, 3.8) is 0 Å². The first-order valence-corrected chi connectivity index (χ1v) is 7.70. The van der Waals surface area contributed by atoms with Gasteiger partial charge in [0.2, 0.25) is 0 Å². The first-order valence-electron chi connectivity index (χ1n) is 6.89. The van der Waals surface area contributed by atoms with Crippen molar-refractivity contribution in [1.82, 2.24) is 0 Å². The lowest BCUT2D eigenvalue weighted by Gasteiger charge is -2.29. The van der Waals surface area contributed by atoms with Crippen LogP contribution in [0.5, 0.6) is 0 Å². The van der Waals surface area contributed by atoms with E-state index in [0.29, 0.717) is 6.42 Å². The number of aliphatic hydroxyl groups is 1. The average Bonchev–Trinajstić information content (AvgIpc) is 2.85. The van der Waals surface area contributed by atoms with E-state index in [2.05, 4.69) is 0 Å². The Balaban J connectivity index is 2.13. The molecule has 1 unspecified atom stereocenters. The van der Waals surface area contributed by atoms with Crippen molar-refractivity contribution in [3.8, 4) is 0 Å². The topological polar surface area (TPSA) is 57.5 Å². The summed E-state index contributed by atoms with van der Waals surface area (Å²) in [5, 5.41) is 19.6. The van der Waals surface area contributed by atoms with E-state index in [4.69, 9.17) is 5.11 Å². The molecular formula is C15H22O3S. The van der Waals surface area contributed by atoms with Crippen molar-refractivity contribution < 1.29 is 15.0 Å². The molecule has 19 heavy (non-hydrogen) atoms. The molecule has 1 aliphatic rings. The van der Waals surface area contributed by atoms with Gasteiger partial charge in [-0.2, -0.15) is 0 Å². The Bertz CT molecular complexity index is 458. The zero-order valence-electron chi connectivity index (χ0n) is 11.6. The van der Waals surface area contributed by atoms with Gasteiger partial charge in [0.1, 0.15) is 0 Å². The van der Waals surface area contributed by atoms with E-state index in [9.17, 15) is 9.90 Å². The van der Waals surface area contributed by atoms with Crippen molar-refractivity contribution in [3.05, 3.63) is 21.4 Å². The van der Waals surface area contributed by atoms with E-state index in [1.807, 2.05) is 19.9 Å². The van der Waals surface area contributed by atoms with Gasteiger partial charge in [-0.05, 0) is 50.2 Å². The van der Waals surface area contributed by atoms with Crippen LogP contribution in [-0.4, -0.2) is 16.2 Å². The highest BCUT2D eigenvalue weighted by Gasteiger charge is 2.38. The molecule has 106 valence electrons. The fraction of sp³-hybridized carbons (Fsp3) is 0.667. The summed E-state index contributed by atoms with van der Waals surface area (Å²) in [6, 6.07) is 2.04. The van der Waals surface area contributed by atoms with Gasteiger partial charge in [-0.1, -0.05) is 12.8 Å². The zero-order valence-corrected chi connectivity index (χ0v) is 12.4. The molecule has 0 aliphatic heterocycles. The average molecular weight is 282 g/mol. The van der Waals surface area contributed by atoms with Gasteiger partial charge in [-0.15, -0.1) is 11.3 Å².